The summed E-state index contributed by atoms with van der Waals surface area (Å²) < 4.78 is 31.6. The number of hydrogen-bond donors (Lipinski definition) is 2. The highest BCUT2D eigenvalue weighted by atomic mass is 32.2. The molecule has 1 fully saturated rings. The molecule has 1 amide bonds. The van der Waals surface area contributed by atoms with Gasteiger partial charge in [0.15, 0.2) is 0 Å². The molecule has 0 spiro atoms. The van der Waals surface area contributed by atoms with Crippen molar-refractivity contribution in [3.63, 3.8) is 0 Å². The van der Waals surface area contributed by atoms with Crippen LogP contribution in [0.2, 0.25) is 0 Å². The van der Waals surface area contributed by atoms with Crippen LogP contribution in [0, 0.1) is 12.3 Å². The van der Waals surface area contributed by atoms with Gasteiger partial charge in [0.05, 0.1) is 13.2 Å². The molecule has 1 aromatic heterocycles. The molecule has 7 nitrogen and oxygen atoms in total. The van der Waals surface area contributed by atoms with Gasteiger partial charge in [-0.3, -0.25) is 4.79 Å². The molecule has 24 heavy (non-hydrogen) atoms. The van der Waals surface area contributed by atoms with E-state index in [1.54, 1.807) is 0 Å². The monoisotopic (exact) mass is 353 g/mol. The predicted molar refractivity (Wildman–Crippen MR) is 90.0 cm³/mol. The molecule has 2 heterocycles. The largest absolute Gasteiger partial charge is 0.379 e. The van der Waals surface area contributed by atoms with Crippen molar-refractivity contribution >= 4 is 15.9 Å². The zero-order valence-corrected chi connectivity index (χ0v) is 14.8. The van der Waals surface area contributed by atoms with Crippen molar-refractivity contribution in [1.29, 1.82) is 0 Å². The minimum absolute atomic E-state index is 0.0638. The van der Waals surface area contributed by atoms with Crippen LogP contribution in [-0.4, -0.2) is 55.5 Å². The molecular weight excluding hydrogens is 330 g/mol. The summed E-state index contributed by atoms with van der Waals surface area (Å²) in [6.45, 7) is 5.14. The molecule has 1 saturated heterocycles. The van der Waals surface area contributed by atoms with Gasteiger partial charge in [0.25, 0.3) is 5.91 Å². The third kappa shape index (κ3) is 3.64. The van der Waals surface area contributed by atoms with Gasteiger partial charge >= 0.3 is 0 Å². The van der Waals surface area contributed by atoms with E-state index in [2.05, 4.69) is 16.2 Å². The quantitative estimate of drug-likeness (QED) is 0.745. The Morgan fingerprint density at radius 3 is 2.58 bits per heavy atom. The number of carbonyl (C=O) groups excluding carboxylic acids is 1. The Labute approximate surface area is 142 Å². The number of rotatable bonds is 6. The molecule has 0 radical (unpaired) electrons. The van der Waals surface area contributed by atoms with Crippen molar-refractivity contribution in [2.45, 2.75) is 37.1 Å². The number of sulfonamides is 1. The van der Waals surface area contributed by atoms with Gasteiger partial charge < -0.3 is 15.0 Å². The Hall–Kier alpha value is -1.82. The number of carbonyl (C=O) groups is 1. The van der Waals surface area contributed by atoms with Gasteiger partial charge in [-0.2, -0.15) is 4.31 Å². The van der Waals surface area contributed by atoms with E-state index in [0.29, 0.717) is 39.1 Å². The van der Waals surface area contributed by atoms with Crippen molar-refractivity contribution < 1.29 is 17.9 Å². The predicted octanol–water partition coefficient (Wildman–Crippen LogP) is 0.957. The third-order valence-electron chi connectivity index (χ3n) is 4.35. The normalized spacial score (nSPS) is 16.5. The van der Waals surface area contributed by atoms with Crippen molar-refractivity contribution in [2.75, 3.05) is 26.3 Å². The number of ether oxygens (including phenoxy) is 1. The molecule has 0 bridgehead atoms. The molecule has 0 unspecified atom stereocenters. The van der Waals surface area contributed by atoms with Gasteiger partial charge in [0, 0.05) is 19.3 Å². The van der Waals surface area contributed by atoms with Crippen molar-refractivity contribution in [2.24, 2.45) is 0 Å². The summed E-state index contributed by atoms with van der Waals surface area (Å²) in [5, 5.41) is 2.81. The van der Waals surface area contributed by atoms with E-state index in [-0.39, 0.29) is 10.6 Å². The van der Waals surface area contributed by atoms with Crippen LogP contribution in [0.25, 0.3) is 0 Å². The van der Waals surface area contributed by atoms with Gasteiger partial charge in [0.2, 0.25) is 10.0 Å². The molecule has 132 valence electrons. The highest BCUT2D eigenvalue weighted by Crippen LogP contribution is 2.19. The number of morpholine rings is 1. The molecule has 0 aliphatic carbocycles. The van der Waals surface area contributed by atoms with E-state index < -0.39 is 21.5 Å². The molecule has 2 N–H and O–H groups in total. The number of nitrogens with zero attached hydrogens (tertiary/aromatic N) is 1. The maximum Gasteiger partial charge on any atom is 0.268 e. The second-order valence-electron chi connectivity index (χ2n) is 5.65. The van der Waals surface area contributed by atoms with Crippen molar-refractivity contribution in [1.82, 2.24) is 14.6 Å². The zero-order valence-electron chi connectivity index (χ0n) is 14.0. The zero-order chi connectivity index (χ0) is 17.8. The van der Waals surface area contributed by atoms with E-state index in [0.717, 1.165) is 0 Å². The fourth-order valence-electron chi connectivity index (χ4n) is 2.54. The Balaban J connectivity index is 2.18. The second kappa shape index (κ2) is 7.38. The molecule has 0 saturated carbocycles. The summed E-state index contributed by atoms with van der Waals surface area (Å²) in [6.07, 6.45) is 8.04. The van der Waals surface area contributed by atoms with Gasteiger partial charge in [-0.1, -0.05) is 19.8 Å². The van der Waals surface area contributed by atoms with E-state index in [1.807, 2.05) is 13.8 Å². The van der Waals surface area contributed by atoms with Crippen LogP contribution >= 0.6 is 0 Å². The molecule has 1 aliphatic heterocycles. The lowest BCUT2D eigenvalue weighted by Crippen LogP contribution is -2.46. The molecule has 2 rings (SSSR count). The Morgan fingerprint density at radius 1 is 1.42 bits per heavy atom. The van der Waals surface area contributed by atoms with E-state index >= 15 is 0 Å². The highest BCUT2D eigenvalue weighted by Gasteiger charge is 2.30. The second-order valence-corrected chi connectivity index (χ2v) is 7.59. The average molecular weight is 353 g/mol. The summed E-state index contributed by atoms with van der Waals surface area (Å²) in [4.78, 5) is 15.2. The standard InChI is InChI=1S/C16H23N3O4S/c1-4-16(5-2,6-3)18-15(20)14-11-13(12-17-14)24(21,22)19-7-9-23-10-8-19/h1,11-12,17H,5-10H2,2-3H3,(H,18,20). The Kier molecular flexibility index (Phi) is 5.70. The van der Waals surface area contributed by atoms with Crippen molar-refractivity contribution in [3.05, 3.63) is 18.0 Å². The summed E-state index contributed by atoms with van der Waals surface area (Å²) >= 11 is 0. The fourth-order valence-corrected chi connectivity index (χ4v) is 3.94. The van der Waals surface area contributed by atoms with Crippen LogP contribution < -0.4 is 5.32 Å². The first kappa shape index (κ1) is 18.5. The lowest BCUT2D eigenvalue weighted by molar-refractivity contribution is 0.0730. The highest BCUT2D eigenvalue weighted by molar-refractivity contribution is 7.89. The number of aromatic amines is 1. The molecule has 1 aromatic rings. The first-order valence-electron chi connectivity index (χ1n) is 7.95. The number of nitrogens with one attached hydrogen (secondary N) is 2. The van der Waals surface area contributed by atoms with Crippen LogP contribution in [0.3, 0.4) is 0 Å². The van der Waals surface area contributed by atoms with Gasteiger partial charge in [-0.25, -0.2) is 8.42 Å². The lowest BCUT2D eigenvalue weighted by Gasteiger charge is -2.26. The number of H-pyrrole nitrogens is 1. The molecule has 0 atom stereocenters. The first-order valence-corrected chi connectivity index (χ1v) is 9.39. The molecular formula is C16H23N3O4S. The lowest BCUT2D eigenvalue weighted by atomic mass is 9.94. The maximum absolute atomic E-state index is 12.6. The van der Waals surface area contributed by atoms with Crippen molar-refractivity contribution in [3.8, 4) is 12.3 Å². The smallest absolute Gasteiger partial charge is 0.268 e. The van der Waals surface area contributed by atoms with E-state index in [1.165, 1.54) is 16.6 Å². The SMILES string of the molecule is C#CC(CC)(CC)NC(=O)c1cc(S(=O)(=O)N2CCOCC2)c[nH]1. The number of amides is 1. The van der Waals surface area contributed by atoms with Gasteiger partial charge in [-0.05, 0) is 18.9 Å². The maximum atomic E-state index is 12.6. The van der Waals surface area contributed by atoms with Gasteiger partial charge in [0.1, 0.15) is 16.1 Å². The molecule has 8 heteroatoms. The molecule has 0 aromatic carbocycles. The van der Waals surface area contributed by atoms with E-state index in [9.17, 15) is 13.2 Å². The molecule has 1 aliphatic rings. The minimum atomic E-state index is -3.63. The number of terminal acetylenes is 1. The van der Waals surface area contributed by atoms with Crippen LogP contribution in [-0.2, 0) is 14.8 Å². The number of aromatic nitrogens is 1. The van der Waals surface area contributed by atoms with Gasteiger partial charge in [-0.15, -0.1) is 6.42 Å². The Bertz CT molecular complexity index is 723. The fraction of sp³-hybridized carbons (Fsp3) is 0.562. The summed E-state index contributed by atoms with van der Waals surface area (Å²) in [6, 6.07) is 1.34. The Morgan fingerprint density at radius 2 is 2.04 bits per heavy atom. The summed E-state index contributed by atoms with van der Waals surface area (Å²) in [5.74, 6) is 2.20. The third-order valence-corrected chi connectivity index (χ3v) is 6.22. The number of hydrogen-bond acceptors (Lipinski definition) is 4. The minimum Gasteiger partial charge on any atom is -0.379 e. The summed E-state index contributed by atoms with van der Waals surface area (Å²) in [5.41, 5.74) is -0.561. The van der Waals surface area contributed by atoms with Crippen LogP contribution in [0.5, 0.6) is 0 Å². The van der Waals surface area contributed by atoms with Crippen LogP contribution in [0.15, 0.2) is 17.2 Å². The summed E-state index contributed by atoms with van der Waals surface area (Å²) in [7, 11) is -3.63. The van der Waals surface area contributed by atoms with Crippen LogP contribution in [0.1, 0.15) is 37.2 Å². The van der Waals surface area contributed by atoms with E-state index in [4.69, 9.17) is 11.2 Å². The average Bonchev–Trinajstić information content (AvgIpc) is 3.11. The van der Waals surface area contributed by atoms with Crippen LogP contribution in [0.4, 0.5) is 0 Å². The first-order chi connectivity index (χ1) is 11.4. The topological polar surface area (TPSA) is 91.5 Å².